The van der Waals surface area contributed by atoms with Gasteiger partial charge in [-0.2, -0.15) is 5.26 Å². The van der Waals surface area contributed by atoms with E-state index >= 15 is 0 Å². The molecule has 0 aliphatic heterocycles. The molecule has 0 atom stereocenters. The van der Waals surface area contributed by atoms with Crippen LogP contribution in [-0.2, 0) is 0 Å². The summed E-state index contributed by atoms with van der Waals surface area (Å²) in [4.78, 5) is 14.3. The SMILES string of the molecule is Cc1cc(C(=O)COc2cc(C#N)ccc2C)c(C)s1. The number of ketones is 1. The highest BCUT2D eigenvalue weighted by Gasteiger charge is 2.13. The Labute approximate surface area is 122 Å². The number of carbonyl (C=O) groups is 1. The topological polar surface area (TPSA) is 50.1 Å². The Morgan fingerprint density at radius 2 is 2.05 bits per heavy atom. The first kappa shape index (κ1) is 14.3. The molecule has 1 heterocycles. The molecule has 0 aliphatic carbocycles. The maximum atomic E-state index is 12.1. The standard InChI is InChI=1S/C16H15NO2S/c1-10-4-5-13(8-17)7-16(10)19-9-15(18)14-6-11(2)20-12(14)3/h4-7H,9H2,1-3H3. The lowest BCUT2D eigenvalue weighted by molar-refractivity contribution is 0.0921. The molecule has 1 aromatic heterocycles. The molecular formula is C16H15NO2S. The summed E-state index contributed by atoms with van der Waals surface area (Å²) in [7, 11) is 0. The van der Waals surface area contributed by atoms with Gasteiger partial charge in [-0.15, -0.1) is 11.3 Å². The van der Waals surface area contributed by atoms with E-state index in [9.17, 15) is 4.79 Å². The molecule has 4 heteroatoms. The number of hydrogen-bond acceptors (Lipinski definition) is 4. The molecule has 0 aliphatic rings. The summed E-state index contributed by atoms with van der Waals surface area (Å²) >= 11 is 1.61. The van der Waals surface area contributed by atoms with Crippen LogP contribution in [0.2, 0.25) is 0 Å². The molecular weight excluding hydrogens is 270 g/mol. The van der Waals surface area contributed by atoms with Gasteiger partial charge >= 0.3 is 0 Å². The van der Waals surface area contributed by atoms with Crippen LogP contribution in [0.5, 0.6) is 5.75 Å². The monoisotopic (exact) mass is 285 g/mol. The Bertz CT molecular complexity index is 695. The summed E-state index contributed by atoms with van der Waals surface area (Å²) in [5, 5.41) is 8.88. The molecule has 0 N–H and O–H groups in total. The molecule has 0 amide bonds. The van der Waals surface area contributed by atoms with Gasteiger partial charge in [-0.05, 0) is 44.5 Å². The molecule has 0 fully saturated rings. The minimum absolute atomic E-state index is 0.00721. The third-order valence-electron chi connectivity index (χ3n) is 3.02. The molecule has 0 saturated carbocycles. The largest absolute Gasteiger partial charge is 0.485 e. The van der Waals surface area contributed by atoms with Crippen molar-refractivity contribution in [3.05, 3.63) is 50.7 Å². The molecule has 1 aromatic carbocycles. The average Bonchev–Trinajstić information content (AvgIpc) is 2.76. The summed E-state index contributed by atoms with van der Waals surface area (Å²) in [6, 6.07) is 9.17. The molecule has 0 spiro atoms. The zero-order valence-corrected chi connectivity index (χ0v) is 12.5. The van der Waals surface area contributed by atoms with Gasteiger partial charge in [0.05, 0.1) is 11.6 Å². The summed E-state index contributed by atoms with van der Waals surface area (Å²) < 4.78 is 5.56. The van der Waals surface area contributed by atoms with Crippen molar-refractivity contribution in [1.82, 2.24) is 0 Å². The van der Waals surface area contributed by atoms with Crippen LogP contribution < -0.4 is 4.74 Å². The second-order valence-electron chi connectivity index (χ2n) is 4.63. The lowest BCUT2D eigenvalue weighted by Gasteiger charge is -2.08. The fourth-order valence-electron chi connectivity index (χ4n) is 1.95. The first-order valence-electron chi connectivity index (χ1n) is 6.25. The normalized spacial score (nSPS) is 10.1. The lowest BCUT2D eigenvalue weighted by Crippen LogP contribution is -2.12. The van der Waals surface area contributed by atoms with Gasteiger partial charge in [0.2, 0.25) is 5.78 Å². The lowest BCUT2D eigenvalue weighted by atomic mass is 10.1. The zero-order valence-electron chi connectivity index (χ0n) is 11.7. The molecule has 3 nitrogen and oxygen atoms in total. The molecule has 0 unspecified atom stereocenters. The van der Waals surface area contributed by atoms with E-state index in [0.717, 1.165) is 20.9 Å². The number of Topliss-reactive ketones (excluding diaryl/α,β-unsaturated/α-hetero) is 1. The molecule has 20 heavy (non-hydrogen) atoms. The van der Waals surface area contributed by atoms with Crippen LogP contribution in [0.1, 0.15) is 31.2 Å². The Morgan fingerprint density at radius 1 is 1.30 bits per heavy atom. The minimum Gasteiger partial charge on any atom is -0.485 e. The van der Waals surface area contributed by atoms with Gasteiger partial charge < -0.3 is 4.74 Å². The fraction of sp³-hybridized carbons (Fsp3) is 0.250. The number of ether oxygens (including phenoxy) is 1. The summed E-state index contributed by atoms with van der Waals surface area (Å²) in [6.45, 7) is 5.80. The molecule has 2 aromatic rings. The molecule has 102 valence electrons. The van der Waals surface area contributed by atoms with E-state index < -0.39 is 0 Å². The highest BCUT2D eigenvalue weighted by Crippen LogP contribution is 2.23. The third-order valence-corrected chi connectivity index (χ3v) is 3.98. The Kier molecular flexibility index (Phi) is 4.21. The van der Waals surface area contributed by atoms with E-state index in [-0.39, 0.29) is 12.4 Å². The minimum atomic E-state index is -0.0337. The second-order valence-corrected chi connectivity index (χ2v) is 6.09. The van der Waals surface area contributed by atoms with Gasteiger partial charge in [0.25, 0.3) is 0 Å². The number of rotatable bonds is 4. The Morgan fingerprint density at radius 3 is 2.65 bits per heavy atom. The van der Waals surface area contributed by atoms with Crippen LogP contribution in [0.3, 0.4) is 0 Å². The predicted octanol–water partition coefficient (Wildman–Crippen LogP) is 3.81. The van der Waals surface area contributed by atoms with E-state index in [1.165, 1.54) is 0 Å². The number of benzene rings is 1. The van der Waals surface area contributed by atoms with Crippen molar-refractivity contribution in [2.45, 2.75) is 20.8 Å². The molecule has 0 saturated heterocycles. The first-order valence-corrected chi connectivity index (χ1v) is 7.06. The summed E-state index contributed by atoms with van der Waals surface area (Å²) in [5.41, 5.74) is 2.16. The number of nitrogens with zero attached hydrogens (tertiary/aromatic N) is 1. The number of thiophene rings is 1. The van der Waals surface area contributed by atoms with Crippen LogP contribution in [0.25, 0.3) is 0 Å². The van der Waals surface area contributed by atoms with Gasteiger partial charge in [-0.1, -0.05) is 6.07 Å². The van der Waals surface area contributed by atoms with Crippen molar-refractivity contribution < 1.29 is 9.53 Å². The highest BCUT2D eigenvalue weighted by atomic mass is 32.1. The maximum absolute atomic E-state index is 12.1. The quantitative estimate of drug-likeness (QED) is 0.803. The smallest absolute Gasteiger partial charge is 0.201 e. The number of carbonyl (C=O) groups excluding carboxylic acids is 1. The highest BCUT2D eigenvalue weighted by molar-refractivity contribution is 7.12. The Hall–Kier alpha value is -2.12. The van der Waals surface area contributed by atoms with E-state index in [4.69, 9.17) is 10.00 Å². The number of hydrogen-bond donors (Lipinski definition) is 0. The van der Waals surface area contributed by atoms with Crippen molar-refractivity contribution in [2.24, 2.45) is 0 Å². The van der Waals surface area contributed by atoms with E-state index in [1.54, 1.807) is 23.5 Å². The van der Waals surface area contributed by atoms with Crippen molar-refractivity contribution in [2.75, 3.05) is 6.61 Å². The van der Waals surface area contributed by atoms with Crippen LogP contribution in [0.15, 0.2) is 24.3 Å². The van der Waals surface area contributed by atoms with E-state index in [0.29, 0.717) is 11.3 Å². The van der Waals surface area contributed by atoms with Gasteiger partial charge in [-0.3, -0.25) is 4.79 Å². The predicted molar refractivity (Wildman–Crippen MR) is 79.5 cm³/mol. The molecule has 0 bridgehead atoms. The van der Waals surface area contributed by atoms with Gasteiger partial charge in [0, 0.05) is 15.3 Å². The van der Waals surface area contributed by atoms with Gasteiger partial charge in [-0.25, -0.2) is 0 Å². The third kappa shape index (κ3) is 3.06. The fourth-order valence-corrected chi connectivity index (χ4v) is 2.90. The summed E-state index contributed by atoms with van der Waals surface area (Å²) in [6.07, 6.45) is 0. The molecule has 2 rings (SSSR count). The van der Waals surface area contributed by atoms with Crippen molar-refractivity contribution >= 4 is 17.1 Å². The van der Waals surface area contributed by atoms with Crippen molar-refractivity contribution in [3.63, 3.8) is 0 Å². The maximum Gasteiger partial charge on any atom is 0.201 e. The Balaban J connectivity index is 2.11. The molecule has 0 radical (unpaired) electrons. The van der Waals surface area contributed by atoms with Crippen LogP contribution in [-0.4, -0.2) is 12.4 Å². The average molecular weight is 285 g/mol. The first-order chi connectivity index (χ1) is 9.51. The number of aryl methyl sites for hydroxylation is 3. The van der Waals surface area contributed by atoms with Gasteiger partial charge in [0.1, 0.15) is 5.75 Å². The van der Waals surface area contributed by atoms with Crippen LogP contribution >= 0.6 is 11.3 Å². The van der Waals surface area contributed by atoms with Crippen molar-refractivity contribution in [3.8, 4) is 11.8 Å². The van der Waals surface area contributed by atoms with Crippen molar-refractivity contribution in [1.29, 1.82) is 5.26 Å². The summed E-state index contributed by atoms with van der Waals surface area (Å²) in [5.74, 6) is 0.551. The van der Waals surface area contributed by atoms with Crippen LogP contribution in [0.4, 0.5) is 0 Å². The number of nitriles is 1. The second kappa shape index (κ2) is 5.89. The van der Waals surface area contributed by atoms with E-state index in [1.807, 2.05) is 32.9 Å². The van der Waals surface area contributed by atoms with Crippen LogP contribution in [0, 0.1) is 32.1 Å². The van der Waals surface area contributed by atoms with Gasteiger partial charge in [0.15, 0.2) is 6.61 Å². The van der Waals surface area contributed by atoms with E-state index in [2.05, 4.69) is 6.07 Å². The zero-order chi connectivity index (χ0) is 14.7.